The van der Waals surface area contributed by atoms with E-state index in [0.29, 0.717) is 25.5 Å². The van der Waals surface area contributed by atoms with Crippen molar-refractivity contribution in [3.05, 3.63) is 41.7 Å². The normalized spacial score (nSPS) is 19.5. The van der Waals surface area contributed by atoms with Crippen molar-refractivity contribution in [2.45, 2.75) is 19.1 Å². The Labute approximate surface area is 134 Å². The summed E-state index contributed by atoms with van der Waals surface area (Å²) in [6.07, 6.45) is -0.461. The van der Waals surface area contributed by atoms with Gasteiger partial charge in [0.1, 0.15) is 0 Å². The maximum atomic E-state index is 12.3. The maximum Gasteiger partial charge on any atom is 0.230 e. The highest BCUT2D eigenvalue weighted by atomic mass is 16.3. The fourth-order valence-electron chi connectivity index (χ4n) is 2.77. The molecule has 1 amide bonds. The zero-order chi connectivity index (χ0) is 16.1. The summed E-state index contributed by atoms with van der Waals surface area (Å²) in [5, 5.41) is 23.6. The molecule has 1 aliphatic heterocycles. The standard InChI is InChI=1S/C15H20N6O2/c22-13-10-20(9-12-4-2-1-3-5-12)6-7-21(11-13)15(23)8-14-16-18-19-17-14/h1-5,13,22H,6-11H2,(H,16,17,18,19). The van der Waals surface area contributed by atoms with Gasteiger partial charge in [-0.25, -0.2) is 0 Å². The number of amides is 1. The second kappa shape index (κ2) is 7.30. The number of carbonyl (C=O) groups excluding carboxylic acids is 1. The Kier molecular flexibility index (Phi) is 4.94. The van der Waals surface area contributed by atoms with Gasteiger partial charge in [-0.15, -0.1) is 10.2 Å². The van der Waals surface area contributed by atoms with Crippen LogP contribution in [0, 0.1) is 0 Å². The highest BCUT2D eigenvalue weighted by molar-refractivity contribution is 5.78. The summed E-state index contributed by atoms with van der Waals surface area (Å²) in [4.78, 5) is 16.1. The fraction of sp³-hybridized carbons (Fsp3) is 0.467. The van der Waals surface area contributed by atoms with Crippen molar-refractivity contribution in [3.63, 3.8) is 0 Å². The van der Waals surface area contributed by atoms with E-state index in [1.807, 2.05) is 18.2 Å². The van der Waals surface area contributed by atoms with Crippen molar-refractivity contribution in [1.82, 2.24) is 30.4 Å². The molecule has 122 valence electrons. The molecular weight excluding hydrogens is 296 g/mol. The van der Waals surface area contributed by atoms with E-state index in [1.165, 1.54) is 5.56 Å². The van der Waals surface area contributed by atoms with Crippen LogP contribution in [0.1, 0.15) is 11.4 Å². The number of nitrogens with one attached hydrogen (secondary N) is 1. The third-order valence-corrected chi connectivity index (χ3v) is 3.89. The molecule has 1 aromatic carbocycles. The second-order valence-electron chi connectivity index (χ2n) is 5.72. The van der Waals surface area contributed by atoms with E-state index in [9.17, 15) is 9.90 Å². The average Bonchev–Trinajstić information content (AvgIpc) is 2.97. The van der Waals surface area contributed by atoms with Crippen LogP contribution in [0.4, 0.5) is 0 Å². The Balaban J connectivity index is 1.58. The molecule has 1 atom stereocenters. The molecule has 8 nitrogen and oxygen atoms in total. The zero-order valence-corrected chi connectivity index (χ0v) is 12.8. The number of aromatic nitrogens is 4. The number of carbonyl (C=O) groups is 1. The number of hydrogen-bond acceptors (Lipinski definition) is 6. The number of hydrogen-bond donors (Lipinski definition) is 2. The smallest absolute Gasteiger partial charge is 0.230 e. The lowest BCUT2D eigenvalue weighted by Crippen LogP contribution is -2.38. The number of benzene rings is 1. The molecule has 0 saturated carbocycles. The lowest BCUT2D eigenvalue weighted by atomic mass is 10.2. The minimum atomic E-state index is -0.560. The maximum absolute atomic E-state index is 12.3. The predicted octanol–water partition coefficient (Wildman–Crippen LogP) is -0.552. The number of aromatic amines is 1. The highest BCUT2D eigenvalue weighted by Gasteiger charge is 2.25. The van der Waals surface area contributed by atoms with Gasteiger partial charge in [-0.1, -0.05) is 35.5 Å². The molecule has 2 aromatic rings. The van der Waals surface area contributed by atoms with Crippen LogP contribution in [-0.4, -0.2) is 73.7 Å². The molecule has 1 aliphatic rings. The van der Waals surface area contributed by atoms with Crippen molar-refractivity contribution in [3.8, 4) is 0 Å². The van der Waals surface area contributed by atoms with Crippen molar-refractivity contribution in [2.24, 2.45) is 0 Å². The first-order chi connectivity index (χ1) is 11.2. The van der Waals surface area contributed by atoms with Crippen LogP contribution >= 0.6 is 0 Å². The lowest BCUT2D eigenvalue weighted by Gasteiger charge is -2.21. The largest absolute Gasteiger partial charge is 0.390 e. The first kappa shape index (κ1) is 15.6. The molecule has 2 N–H and O–H groups in total. The van der Waals surface area contributed by atoms with Gasteiger partial charge in [-0.3, -0.25) is 9.69 Å². The molecular formula is C15H20N6O2. The zero-order valence-electron chi connectivity index (χ0n) is 12.8. The number of nitrogens with zero attached hydrogens (tertiary/aromatic N) is 5. The minimum absolute atomic E-state index is 0.0907. The quantitative estimate of drug-likeness (QED) is 0.785. The molecule has 0 bridgehead atoms. The summed E-state index contributed by atoms with van der Waals surface area (Å²) >= 11 is 0. The third-order valence-electron chi connectivity index (χ3n) is 3.89. The van der Waals surface area contributed by atoms with Gasteiger partial charge < -0.3 is 10.0 Å². The predicted molar refractivity (Wildman–Crippen MR) is 82.2 cm³/mol. The van der Waals surface area contributed by atoms with E-state index in [2.05, 4.69) is 37.7 Å². The topological polar surface area (TPSA) is 98.2 Å². The van der Waals surface area contributed by atoms with Gasteiger partial charge in [-0.2, -0.15) is 5.21 Å². The van der Waals surface area contributed by atoms with Crippen LogP contribution < -0.4 is 0 Å². The molecule has 23 heavy (non-hydrogen) atoms. The molecule has 1 saturated heterocycles. The number of aliphatic hydroxyl groups excluding tert-OH is 1. The van der Waals surface area contributed by atoms with Crippen LogP contribution in [0.25, 0.3) is 0 Å². The molecule has 1 unspecified atom stereocenters. The number of tetrazole rings is 1. The number of aliphatic hydroxyl groups is 1. The summed E-state index contributed by atoms with van der Waals surface area (Å²) in [5.41, 5.74) is 1.20. The number of H-pyrrole nitrogens is 1. The summed E-state index contributed by atoms with van der Waals surface area (Å²) < 4.78 is 0. The SMILES string of the molecule is O=C(Cc1nn[nH]n1)N1CCN(Cc2ccccc2)CC(O)C1. The van der Waals surface area contributed by atoms with Gasteiger partial charge in [-0.05, 0) is 5.56 Å². The van der Waals surface area contributed by atoms with Gasteiger partial charge in [0.2, 0.25) is 5.91 Å². The Morgan fingerprint density at radius 1 is 1.26 bits per heavy atom. The van der Waals surface area contributed by atoms with E-state index in [4.69, 9.17) is 0 Å². The van der Waals surface area contributed by atoms with E-state index in [1.54, 1.807) is 4.90 Å². The van der Waals surface area contributed by atoms with E-state index in [0.717, 1.165) is 13.1 Å². The van der Waals surface area contributed by atoms with Gasteiger partial charge >= 0.3 is 0 Å². The van der Waals surface area contributed by atoms with Crippen LogP contribution in [0.2, 0.25) is 0 Å². The molecule has 0 radical (unpaired) electrons. The first-order valence-corrected chi connectivity index (χ1v) is 7.65. The molecule has 0 spiro atoms. The van der Waals surface area contributed by atoms with Crippen LogP contribution in [0.5, 0.6) is 0 Å². The number of rotatable bonds is 4. The minimum Gasteiger partial charge on any atom is -0.390 e. The fourth-order valence-corrected chi connectivity index (χ4v) is 2.77. The molecule has 1 fully saturated rings. The number of β-amino-alcohol motifs (C(OH)–C–C–N with tert-alkyl or cyclic N) is 1. The van der Waals surface area contributed by atoms with Gasteiger partial charge in [0.05, 0.1) is 12.5 Å². The van der Waals surface area contributed by atoms with Gasteiger partial charge in [0.15, 0.2) is 5.82 Å². The molecule has 0 aliphatic carbocycles. The Morgan fingerprint density at radius 3 is 2.83 bits per heavy atom. The third kappa shape index (κ3) is 4.33. The van der Waals surface area contributed by atoms with Gasteiger partial charge in [0, 0.05) is 32.7 Å². The Bertz CT molecular complexity index is 618. The summed E-state index contributed by atoms with van der Waals surface area (Å²) in [6, 6.07) is 10.1. The average molecular weight is 316 g/mol. The van der Waals surface area contributed by atoms with Crippen LogP contribution in [0.3, 0.4) is 0 Å². The monoisotopic (exact) mass is 316 g/mol. The van der Waals surface area contributed by atoms with Crippen molar-refractivity contribution < 1.29 is 9.90 Å². The highest BCUT2D eigenvalue weighted by Crippen LogP contribution is 2.10. The Hall–Kier alpha value is -2.32. The summed E-state index contributed by atoms with van der Waals surface area (Å²) in [5.74, 6) is 0.280. The van der Waals surface area contributed by atoms with Crippen molar-refractivity contribution in [1.29, 1.82) is 0 Å². The van der Waals surface area contributed by atoms with E-state index in [-0.39, 0.29) is 12.3 Å². The van der Waals surface area contributed by atoms with Crippen molar-refractivity contribution in [2.75, 3.05) is 26.2 Å². The first-order valence-electron chi connectivity index (χ1n) is 7.65. The molecule has 1 aromatic heterocycles. The van der Waals surface area contributed by atoms with E-state index >= 15 is 0 Å². The lowest BCUT2D eigenvalue weighted by molar-refractivity contribution is -0.131. The summed E-state index contributed by atoms with van der Waals surface area (Å²) in [6.45, 7) is 2.97. The van der Waals surface area contributed by atoms with Crippen LogP contribution in [0.15, 0.2) is 30.3 Å². The van der Waals surface area contributed by atoms with Crippen LogP contribution in [-0.2, 0) is 17.8 Å². The Morgan fingerprint density at radius 2 is 2.09 bits per heavy atom. The van der Waals surface area contributed by atoms with E-state index < -0.39 is 6.10 Å². The molecule has 8 heteroatoms. The molecule has 3 rings (SSSR count). The molecule has 2 heterocycles. The summed E-state index contributed by atoms with van der Waals surface area (Å²) in [7, 11) is 0. The van der Waals surface area contributed by atoms with Gasteiger partial charge in [0.25, 0.3) is 0 Å². The van der Waals surface area contributed by atoms with Crippen molar-refractivity contribution >= 4 is 5.91 Å². The second-order valence-corrected chi connectivity index (χ2v) is 5.72.